The SMILES string of the molecule is COc1cc(CC(=O)O)ccc1OC1CCN(CC(O)(c2cn(CC3CCCCN3)c3cc(C#N)ccc23)C(F)(F)F)CC1. The Morgan fingerprint density at radius 1 is 1.11 bits per heavy atom. The third-order valence-electron chi connectivity index (χ3n) is 8.62. The number of aliphatic hydroxyl groups is 1. The maximum Gasteiger partial charge on any atom is 0.422 e. The van der Waals surface area contributed by atoms with Crippen molar-refractivity contribution < 1.29 is 37.7 Å². The second-order valence-corrected chi connectivity index (χ2v) is 11.7. The highest BCUT2D eigenvalue weighted by Crippen LogP contribution is 2.44. The second kappa shape index (κ2) is 13.1. The molecule has 0 saturated carbocycles. The van der Waals surface area contributed by atoms with Crippen LogP contribution in [0.15, 0.2) is 42.6 Å². The fourth-order valence-corrected chi connectivity index (χ4v) is 6.27. The Hall–Kier alpha value is -3.79. The Morgan fingerprint density at radius 3 is 2.52 bits per heavy atom. The number of nitrogens with zero attached hydrogens (tertiary/aromatic N) is 3. The van der Waals surface area contributed by atoms with Gasteiger partial charge in [0.25, 0.3) is 0 Å². The molecule has 0 radical (unpaired) electrons. The zero-order valence-electron chi connectivity index (χ0n) is 24.6. The van der Waals surface area contributed by atoms with Crippen molar-refractivity contribution in [3.05, 3.63) is 59.3 Å². The maximum absolute atomic E-state index is 14.8. The molecule has 1 aromatic heterocycles. The van der Waals surface area contributed by atoms with E-state index in [1.807, 2.05) is 0 Å². The normalized spacial score (nSPS) is 19.8. The Morgan fingerprint density at radius 2 is 1.89 bits per heavy atom. The van der Waals surface area contributed by atoms with E-state index in [-0.39, 0.29) is 42.6 Å². The van der Waals surface area contributed by atoms with Crippen LogP contribution in [0.2, 0.25) is 0 Å². The molecule has 2 atom stereocenters. The number of hydrogen-bond donors (Lipinski definition) is 3. The van der Waals surface area contributed by atoms with Gasteiger partial charge < -0.3 is 29.6 Å². The lowest BCUT2D eigenvalue weighted by Crippen LogP contribution is -2.53. The first-order valence-electron chi connectivity index (χ1n) is 14.8. The molecule has 2 aliphatic rings. The Kier molecular flexibility index (Phi) is 9.39. The van der Waals surface area contributed by atoms with Gasteiger partial charge in [0.05, 0.1) is 25.2 Å². The summed E-state index contributed by atoms with van der Waals surface area (Å²) in [5.74, 6) is -0.148. The molecule has 3 aromatic rings. The molecule has 5 rings (SSSR count). The van der Waals surface area contributed by atoms with E-state index in [4.69, 9.17) is 14.6 Å². The van der Waals surface area contributed by atoms with Crippen LogP contribution in [-0.4, -0.2) is 77.3 Å². The summed E-state index contributed by atoms with van der Waals surface area (Å²) in [7, 11) is 1.46. The van der Waals surface area contributed by atoms with E-state index in [1.165, 1.54) is 25.4 Å². The highest BCUT2D eigenvalue weighted by Gasteiger charge is 2.57. The standard InChI is InChI=1S/C32H37F3N4O5/c1-43-29-15-21(16-30(40)41)6-8-28(29)44-24-9-12-38(13-10-24)20-31(42,32(33,34)35)26-19-39(18-23-4-2-3-11-37-23)27-14-22(17-36)5-7-25(26)27/h5-8,14-15,19,23-24,37,42H,2-4,9-13,16,18,20H2,1H3,(H,40,41). The number of benzene rings is 2. The summed E-state index contributed by atoms with van der Waals surface area (Å²) in [5.41, 5.74) is -1.97. The number of hydrogen-bond acceptors (Lipinski definition) is 7. The Balaban J connectivity index is 1.34. The van der Waals surface area contributed by atoms with Crippen molar-refractivity contribution in [1.29, 1.82) is 5.26 Å². The molecule has 2 aromatic carbocycles. The van der Waals surface area contributed by atoms with Gasteiger partial charge in [-0.05, 0) is 62.1 Å². The number of fused-ring (bicyclic) bond motifs is 1. The van der Waals surface area contributed by atoms with Gasteiger partial charge in [-0.3, -0.25) is 9.69 Å². The van der Waals surface area contributed by atoms with Crippen molar-refractivity contribution in [2.24, 2.45) is 0 Å². The van der Waals surface area contributed by atoms with E-state index in [9.17, 15) is 28.3 Å². The number of piperidine rings is 2. The van der Waals surface area contributed by atoms with Crippen LogP contribution in [0.1, 0.15) is 48.8 Å². The maximum atomic E-state index is 14.8. The lowest BCUT2D eigenvalue weighted by Gasteiger charge is -2.39. The van der Waals surface area contributed by atoms with Crippen molar-refractivity contribution in [2.75, 3.05) is 33.3 Å². The monoisotopic (exact) mass is 614 g/mol. The van der Waals surface area contributed by atoms with E-state index in [0.29, 0.717) is 47.5 Å². The molecule has 3 N–H and O–H groups in total. The van der Waals surface area contributed by atoms with Crippen LogP contribution >= 0.6 is 0 Å². The minimum Gasteiger partial charge on any atom is -0.493 e. The van der Waals surface area contributed by atoms with Crippen LogP contribution < -0.4 is 14.8 Å². The number of carboxylic acids is 1. The summed E-state index contributed by atoms with van der Waals surface area (Å²) in [4.78, 5) is 12.7. The largest absolute Gasteiger partial charge is 0.493 e. The van der Waals surface area contributed by atoms with Gasteiger partial charge in [0.1, 0.15) is 6.10 Å². The molecule has 0 bridgehead atoms. The summed E-state index contributed by atoms with van der Waals surface area (Å²) in [5, 5.41) is 33.7. The lowest BCUT2D eigenvalue weighted by atomic mass is 9.90. The van der Waals surface area contributed by atoms with Gasteiger partial charge in [0, 0.05) is 54.9 Å². The molecule has 2 unspecified atom stereocenters. The first-order valence-corrected chi connectivity index (χ1v) is 14.8. The van der Waals surface area contributed by atoms with Crippen molar-refractivity contribution in [2.45, 2.75) is 69.0 Å². The summed E-state index contributed by atoms with van der Waals surface area (Å²) in [6, 6.07) is 11.6. The number of carboxylic acid groups (broad SMARTS) is 1. The molecule has 3 heterocycles. The minimum atomic E-state index is -4.96. The molecule has 12 heteroatoms. The smallest absolute Gasteiger partial charge is 0.422 e. The highest BCUT2D eigenvalue weighted by molar-refractivity contribution is 5.86. The van der Waals surface area contributed by atoms with Crippen molar-refractivity contribution >= 4 is 16.9 Å². The second-order valence-electron chi connectivity index (χ2n) is 11.7. The quantitative estimate of drug-likeness (QED) is 0.304. The number of ether oxygens (including phenoxy) is 2. The Bertz CT molecular complexity index is 1520. The molecule has 0 spiro atoms. The number of rotatable bonds is 10. The molecular formula is C32H37F3N4O5. The predicted octanol–water partition coefficient (Wildman–Crippen LogP) is 4.58. The molecule has 9 nitrogen and oxygen atoms in total. The highest BCUT2D eigenvalue weighted by atomic mass is 19.4. The molecule has 0 aliphatic carbocycles. The fourth-order valence-electron chi connectivity index (χ4n) is 6.27. The van der Waals surface area contributed by atoms with Gasteiger partial charge in [-0.2, -0.15) is 18.4 Å². The molecule has 0 amide bonds. The first kappa shape index (κ1) is 31.6. The number of aliphatic carboxylic acids is 1. The number of likely N-dealkylation sites (tertiary alicyclic amines) is 1. The van der Waals surface area contributed by atoms with Gasteiger partial charge in [-0.15, -0.1) is 0 Å². The molecule has 44 heavy (non-hydrogen) atoms. The number of aromatic nitrogens is 1. The van der Waals surface area contributed by atoms with Crippen molar-refractivity contribution in [3.63, 3.8) is 0 Å². The average molecular weight is 615 g/mol. The summed E-state index contributed by atoms with van der Waals surface area (Å²) in [6.45, 7) is 1.17. The van der Waals surface area contributed by atoms with E-state index in [0.717, 1.165) is 25.8 Å². The number of nitriles is 1. The third-order valence-corrected chi connectivity index (χ3v) is 8.62. The van der Waals surface area contributed by atoms with Crippen LogP contribution in [0.25, 0.3) is 10.9 Å². The first-order chi connectivity index (χ1) is 21.0. The number of nitrogens with one attached hydrogen (secondary N) is 1. The van der Waals surface area contributed by atoms with Crippen molar-refractivity contribution in [1.82, 2.24) is 14.8 Å². The molecule has 2 saturated heterocycles. The zero-order valence-corrected chi connectivity index (χ0v) is 24.6. The van der Waals surface area contributed by atoms with E-state index in [1.54, 1.807) is 33.7 Å². The number of carbonyl (C=O) groups is 1. The van der Waals surface area contributed by atoms with Gasteiger partial charge in [-0.25, -0.2) is 0 Å². The van der Waals surface area contributed by atoms with Crippen LogP contribution in [0.3, 0.4) is 0 Å². The molecule has 236 valence electrons. The molecule has 2 fully saturated rings. The molecule has 2 aliphatic heterocycles. The van der Waals surface area contributed by atoms with Gasteiger partial charge in [0.15, 0.2) is 11.5 Å². The third kappa shape index (κ3) is 6.80. The fraction of sp³-hybridized carbons (Fsp3) is 0.500. The van der Waals surface area contributed by atoms with Gasteiger partial charge >= 0.3 is 12.1 Å². The Labute approximate surface area is 253 Å². The van der Waals surface area contributed by atoms with E-state index in [2.05, 4.69) is 11.4 Å². The van der Waals surface area contributed by atoms with Crippen LogP contribution in [0, 0.1) is 11.3 Å². The number of methoxy groups -OCH3 is 1. The summed E-state index contributed by atoms with van der Waals surface area (Å²) >= 11 is 0. The van der Waals surface area contributed by atoms with E-state index >= 15 is 0 Å². The number of alkyl halides is 3. The van der Waals surface area contributed by atoms with E-state index < -0.39 is 24.3 Å². The summed E-state index contributed by atoms with van der Waals surface area (Å²) < 4.78 is 57.7. The van der Waals surface area contributed by atoms with Crippen molar-refractivity contribution in [3.8, 4) is 17.6 Å². The van der Waals surface area contributed by atoms with Crippen LogP contribution in [-0.2, 0) is 23.4 Å². The topological polar surface area (TPSA) is 120 Å². The van der Waals surface area contributed by atoms with Crippen LogP contribution in [0.4, 0.5) is 13.2 Å². The van der Waals surface area contributed by atoms with Gasteiger partial charge in [-0.1, -0.05) is 18.6 Å². The van der Waals surface area contributed by atoms with Gasteiger partial charge in [0.2, 0.25) is 5.60 Å². The summed E-state index contributed by atoms with van der Waals surface area (Å²) in [6.07, 6.45) is -0.176. The average Bonchev–Trinajstić information content (AvgIpc) is 3.36. The zero-order chi connectivity index (χ0) is 31.5. The number of β-amino-alcohol motifs (C(OH)–C–C–N with tert-alkyl or cyclic N) is 1. The number of halogens is 3. The lowest BCUT2D eigenvalue weighted by molar-refractivity contribution is -0.272. The molecular weight excluding hydrogens is 577 g/mol. The predicted molar refractivity (Wildman–Crippen MR) is 157 cm³/mol. The van der Waals surface area contributed by atoms with Crippen LogP contribution in [0.5, 0.6) is 11.5 Å². The minimum absolute atomic E-state index is 0.0861.